The molecular formula is C25H25ClN4O3S. The average molecular weight is 497 g/mol. The summed E-state index contributed by atoms with van der Waals surface area (Å²) in [6, 6.07) is 18.1. The smallest absolute Gasteiger partial charge is 0.268 e. The van der Waals surface area contributed by atoms with E-state index in [0.717, 1.165) is 5.69 Å². The van der Waals surface area contributed by atoms with Crippen LogP contribution in [0.2, 0.25) is 5.02 Å². The molecule has 1 aliphatic heterocycles. The van der Waals surface area contributed by atoms with Gasteiger partial charge in [0.2, 0.25) is 5.91 Å². The van der Waals surface area contributed by atoms with Crippen LogP contribution in [-0.2, 0) is 4.79 Å². The van der Waals surface area contributed by atoms with E-state index in [4.69, 9.17) is 11.6 Å². The van der Waals surface area contributed by atoms with Crippen molar-refractivity contribution in [3.8, 4) is 0 Å². The molecule has 0 atom stereocenters. The highest BCUT2D eigenvalue weighted by atomic mass is 35.5. The van der Waals surface area contributed by atoms with Gasteiger partial charge in [0.25, 0.3) is 11.8 Å². The summed E-state index contributed by atoms with van der Waals surface area (Å²) in [6.45, 7) is 2.47. The molecule has 7 nitrogen and oxygen atoms in total. The molecule has 2 heterocycles. The van der Waals surface area contributed by atoms with Gasteiger partial charge in [-0.05, 0) is 47.8 Å². The summed E-state index contributed by atoms with van der Waals surface area (Å²) in [4.78, 5) is 44.3. The first-order valence-electron chi connectivity index (χ1n) is 10.9. The van der Waals surface area contributed by atoms with Crippen LogP contribution in [0.25, 0.3) is 0 Å². The van der Waals surface area contributed by atoms with Crippen molar-refractivity contribution in [3.05, 3.63) is 81.5 Å². The van der Waals surface area contributed by atoms with E-state index in [1.807, 2.05) is 35.7 Å². The molecule has 0 spiro atoms. The molecule has 1 aromatic heterocycles. The maximum absolute atomic E-state index is 12.9. The van der Waals surface area contributed by atoms with Crippen LogP contribution in [0, 0.1) is 0 Å². The van der Waals surface area contributed by atoms with Gasteiger partial charge in [0.05, 0.1) is 22.7 Å². The molecular weight excluding hydrogens is 472 g/mol. The number of rotatable bonds is 6. The Morgan fingerprint density at radius 3 is 2.35 bits per heavy atom. The van der Waals surface area contributed by atoms with Crippen molar-refractivity contribution in [3.63, 3.8) is 0 Å². The summed E-state index contributed by atoms with van der Waals surface area (Å²) in [5.41, 5.74) is 1.90. The number of halogens is 1. The number of hydrogen-bond donors (Lipinski definition) is 1. The Balaban J connectivity index is 1.33. The summed E-state index contributed by atoms with van der Waals surface area (Å²) >= 11 is 7.31. The summed E-state index contributed by atoms with van der Waals surface area (Å²) in [6.07, 6.45) is 0. The predicted octanol–water partition coefficient (Wildman–Crippen LogP) is 3.76. The topological polar surface area (TPSA) is 73.0 Å². The van der Waals surface area contributed by atoms with Crippen molar-refractivity contribution in [2.45, 2.75) is 0 Å². The van der Waals surface area contributed by atoms with Gasteiger partial charge in [-0.25, -0.2) is 0 Å². The molecule has 3 amide bonds. The molecule has 2 aromatic carbocycles. The van der Waals surface area contributed by atoms with E-state index in [9.17, 15) is 14.4 Å². The Bertz CT molecular complexity index is 1160. The molecule has 0 radical (unpaired) electrons. The zero-order valence-electron chi connectivity index (χ0n) is 18.7. The number of amides is 3. The Hall–Kier alpha value is -3.36. The van der Waals surface area contributed by atoms with E-state index >= 15 is 0 Å². The zero-order chi connectivity index (χ0) is 24.1. The van der Waals surface area contributed by atoms with E-state index in [2.05, 4.69) is 10.2 Å². The second kappa shape index (κ2) is 10.7. The first-order valence-corrected chi connectivity index (χ1v) is 12.2. The summed E-state index contributed by atoms with van der Waals surface area (Å²) in [5, 5.41) is 5.25. The first-order chi connectivity index (χ1) is 16.4. The van der Waals surface area contributed by atoms with Crippen molar-refractivity contribution in [2.24, 2.45) is 0 Å². The number of nitrogens with zero attached hydrogens (tertiary/aromatic N) is 3. The number of nitrogens with one attached hydrogen (secondary N) is 1. The highest BCUT2D eigenvalue weighted by Gasteiger charge is 2.23. The Morgan fingerprint density at radius 1 is 0.971 bits per heavy atom. The Kier molecular flexibility index (Phi) is 7.49. The molecule has 1 aliphatic rings. The third-order valence-corrected chi connectivity index (χ3v) is 6.88. The molecule has 176 valence electrons. The van der Waals surface area contributed by atoms with Gasteiger partial charge in [-0.1, -0.05) is 29.8 Å². The number of hydrogen-bond acceptors (Lipinski definition) is 5. The highest BCUT2D eigenvalue weighted by Crippen LogP contribution is 2.23. The van der Waals surface area contributed by atoms with Gasteiger partial charge in [0.15, 0.2) is 0 Å². The van der Waals surface area contributed by atoms with Crippen molar-refractivity contribution in [1.29, 1.82) is 0 Å². The molecule has 1 saturated heterocycles. The fourth-order valence-corrected chi connectivity index (χ4v) is 4.69. The third-order valence-electron chi connectivity index (χ3n) is 5.77. The minimum absolute atomic E-state index is 0.100. The van der Waals surface area contributed by atoms with Crippen LogP contribution in [0.1, 0.15) is 20.0 Å². The molecule has 1 fully saturated rings. The summed E-state index contributed by atoms with van der Waals surface area (Å²) < 4.78 is 0. The third kappa shape index (κ3) is 5.40. The van der Waals surface area contributed by atoms with Gasteiger partial charge in [-0.2, -0.15) is 0 Å². The van der Waals surface area contributed by atoms with Crippen LogP contribution in [0.5, 0.6) is 0 Å². The van der Waals surface area contributed by atoms with Gasteiger partial charge in [-0.15, -0.1) is 11.3 Å². The molecule has 4 rings (SSSR count). The van der Waals surface area contributed by atoms with Crippen LogP contribution in [0.15, 0.2) is 66.0 Å². The van der Waals surface area contributed by atoms with E-state index < -0.39 is 5.91 Å². The number of carbonyl (C=O) groups excluding carboxylic acids is 3. The lowest BCUT2D eigenvalue weighted by molar-refractivity contribution is -0.130. The Labute approximate surface area is 207 Å². The van der Waals surface area contributed by atoms with E-state index in [1.54, 1.807) is 42.3 Å². The SMILES string of the molecule is CN(C(=O)c1cccs1)c1ccccc1C(=O)NCC(=O)N1CCN(c2ccc(Cl)cc2)CC1. The van der Waals surface area contributed by atoms with Crippen LogP contribution < -0.4 is 15.1 Å². The molecule has 1 N–H and O–H groups in total. The van der Waals surface area contributed by atoms with Crippen LogP contribution in [0.3, 0.4) is 0 Å². The van der Waals surface area contributed by atoms with Crippen LogP contribution >= 0.6 is 22.9 Å². The number of anilines is 2. The van der Waals surface area contributed by atoms with Gasteiger partial charge in [0.1, 0.15) is 0 Å². The van der Waals surface area contributed by atoms with Gasteiger partial charge in [0, 0.05) is 43.9 Å². The quantitative estimate of drug-likeness (QED) is 0.564. The van der Waals surface area contributed by atoms with Gasteiger partial charge >= 0.3 is 0 Å². The van der Waals surface area contributed by atoms with Crippen molar-refractivity contribution < 1.29 is 14.4 Å². The minimum atomic E-state index is -0.394. The minimum Gasteiger partial charge on any atom is -0.368 e. The van der Waals surface area contributed by atoms with E-state index in [1.165, 1.54) is 16.2 Å². The molecule has 9 heteroatoms. The Morgan fingerprint density at radius 2 is 1.68 bits per heavy atom. The number of benzene rings is 2. The number of para-hydroxylation sites is 1. The fraction of sp³-hybridized carbons (Fsp3) is 0.240. The zero-order valence-corrected chi connectivity index (χ0v) is 20.3. The monoisotopic (exact) mass is 496 g/mol. The van der Waals surface area contributed by atoms with Crippen molar-refractivity contribution in [2.75, 3.05) is 49.6 Å². The van der Waals surface area contributed by atoms with E-state index in [-0.39, 0.29) is 18.4 Å². The lowest BCUT2D eigenvalue weighted by Crippen LogP contribution is -2.51. The predicted molar refractivity (Wildman–Crippen MR) is 136 cm³/mol. The largest absolute Gasteiger partial charge is 0.368 e. The normalized spacial score (nSPS) is 13.5. The molecule has 34 heavy (non-hydrogen) atoms. The molecule has 3 aromatic rings. The molecule has 0 aliphatic carbocycles. The van der Waals surface area contributed by atoms with Crippen molar-refractivity contribution in [1.82, 2.24) is 10.2 Å². The fourth-order valence-electron chi connectivity index (χ4n) is 3.86. The maximum atomic E-state index is 12.9. The lowest BCUT2D eigenvalue weighted by Gasteiger charge is -2.36. The second-order valence-corrected chi connectivity index (χ2v) is 9.27. The van der Waals surface area contributed by atoms with Gasteiger partial charge in [-0.3, -0.25) is 14.4 Å². The van der Waals surface area contributed by atoms with Crippen LogP contribution in [-0.4, -0.2) is 62.4 Å². The second-order valence-electron chi connectivity index (χ2n) is 7.89. The molecule has 0 unspecified atom stereocenters. The standard InChI is InChI=1S/C25H25ClN4O3S/c1-28(25(33)22-7-4-16-34-22)21-6-3-2-5-20(21)24(32)27-17-23(31)30-14-12-29(13-15-30)19-10-8-18(26)9-11-19/h2-11,16H,12-15,17H2,1H3,(H,27,32). The summed E-state index contributed by atoms with van der Waals surface area (Å²) in [5.74, 6) is -0.718. The van der Waals surface area contributed by atoms with E-state index in [0.29, 0.717) is 47.3 Å². The number of carbonyl (C=O) groups is 3. The van der Waals surface area contributed by atoms with Gasteiger partial charge < -0.3 is 20.0 Å². The lowest BCUT2D eigenvalue weighted by atomic mass is 10.1. The number of piperazine rings is 1. The number of thiophene rings is 1. The van der Waals surface area contributed by atoms with Crippen molar-refractivity contribution >= 4 is 52.0 Å². The van der Waals surface area contributed by atoms with Crippen LogP contribution in [0.4, 0.5) is 11.4 Å². The first kappa shape index (κ1) is 23.8. The molecule has 0 saturated carbocycles. The highest BCUT2D eigenvalue weighted by molar-refractivity contribution is 7.12. The average Bonchev–Trinajstić information content (AvgIpc) is 3.42. The maximum Gasteiger partial charge on any atom is 0.268 e. The molecule has 0 bridgehead atoms. The summed E-state index contributed by atoms with van der Waals surface area (Å²) in [7, 11) is 1.64.